The predicted molar refractivity (Wildman–Crippen MR) is 36.9 cm³/mol. The van der Waals surface area contributed by atoms with Gasteiger partial charge in [0.2, 0.25) is 5.85 Å². The third kappa shape index (κ3) is 4.11. The summed E-state index contributed by atoms with van der Waals surface area (Å²) in [6.45, 7) is 1.40. The molecule has 0 atom stereocenters. The van der Waals surface area contributed by atoms with Gasteiger partial charge in [-0.2, -0.15) is 0 Å². The van der Waals surface area contributed by atoms with E-state index in [-0.39, 0.29) is 0 Å². The Morgan fingerprint density at radius 1 is 1.50 bits per heavy atom. The van der Waals surface area contributed by atoms with E-state index in [2.05, 4.69) is 4.74 Å². The van der Waals surface area contributed by atoms with Crippen LogP contribution in [0.25, 0.3) is 0 Å². The highest BCUT2D eigenvalue weighted by molar-refractivity contribution is 5.67. The van der Waals surface area contributed by atoms with Crippen molar-refractivity contribution in [1.82, 2.24) is 4.90 Å². The summed E-state index contributed by atoms with van der Waals surface area (Å²) in [5.41, 5.74) is 10.4. The first kappa shape index (κ1) is 9.19. The van der Waals surface area contributed by atoms with Crippen molar-refractivity contribution in [2.24, 2.45) is 11.5 Å². The van der Waals surface area contributed by atoms with E-state index in [1.54, 1.807) is 14.1 Å². The van der Waals surface area contributed by atoms with Gasteiger partial charge in [-0.05, 0) is 0 Å². The molecule has 0 radical (unpaired) electrons. The Balaban J connectivity index is 3.81. The molecule has 0 bridgehead atoms. The second-order valence-electron chi connectivity index (χ2n) is 2.45. The number of carbonyl (C=O) groups excluding carboxylic acids is 1. The summed E-state index contributed by atoms with van der Waals surface area (Å²) in [7, 11) is 3.10. The minimum absolute atomic E-state index is 0.549. The lowest BCUT2D eigenvalue weighted by Crippen LogP contribution is -2.51. The van der Waals surface area contributed by atoms with Crippen LogP contribution in [0.3, 0.4) is 0 Å². The number of ether oxygens (including phenoxy) is 1. The summed E-state index contributed by atoms with van der Waals surface area (Å²) in [6, 6.07) is 0. The van der Waals surface area contributed by atoms with Gasteiger partial charge in [0.25, 0.3) is 0 Å². The van der Waals surface area contributed by atoms with E-state index in [0.717, 1.165) is 0 Å². The first-order valence-electron chi connectivity index (χ1n) is 2.81. The van der Waals surface area contributed by atoms with Crippen molar-refractivity contribution >= 4 is 6.09 Å². The van der Waals surface area contributed by atoms with Crippen LogP contribution < -0.4 is 11.5 Å². The highest BCUT2D eigenvalue weighted by Crippen LogP contribution is 1.94. The molecule has 5 heteroatoms. The van der Waals surface area contributed by atoms with Crippen LogP contribution in [0, 0.1) is 0 Å². The number of rotatable bonds is 1. The topological polar surface area (TPSA) is 81.6 Å². The van der Waals surface area contributed by atoms with E-state index >= 15 is 0 Å². The van der Waals surface area contributed by atoms with Crippen molar-refractivity contribution in [2.45, 2.75) is 12.8 Å². The van der Waals surface area contributed by atoms with Crippen LogP contribution in [-0.4, -0.2) is 30.9 Å². The van der Waals surface area contributed by atoms with Crippen molar-refractivity contribution in [1.29, 1.82) is 0 Å². The van der Waals surface area contributed by atoms with Gasteiger partial charge in [0.1, 0.15) is 0 Å². The number of hydrogen-bond donors (Lipinski definition) is 2. The Morgan fingerprint density at radius 3 is 2.00 bits per heavy atom. The van der Waals surface area contributed by atoms with Gasteiger partial charge in [0.05, 0.1) is 0 Å². The number of amides is 1. The average molecular weight is 147 g/mol. The van der Waals surface area contributed by atoms with Gasteiger partial charge in [-0.25, -0.2) is 4.79 Å². The monoisotopic (exact) mass is 147 g/mol. The molecule has 10 heavy (non-hydrogen) atoms. The van der Waals surface area contributed by atoms with Crippen molar-refractivity contribution in [3.05, 3.63) is 0 Å². The zero-order chi connectivity index (χ0) is 8.36. The van der Waals surface area contributed by atoms with Gasteiger partial charge in [-0.15, -0.1) is 0 Å². The molecule has 60 valence electrons. The predicted octanol–water partition coefficient (Wildman–Crippen LogP) is -0.724. The van der Waals surface area contributed by atoms with Crippen molar-refractivity contribution in [3.63, 3.8) is 0 Å². The van der Waals surface area contributed by atoms with Crippen molar-refractivity contribution < 1.29 is 9.53 Å². The minimum Gasteiger partial charge on any atom is -0.415 e. The van der Waals surface area contributed by atoms with Crippen LogP contribution >= 0.6 is 0 Å². The van der Waals surface area contributed by atoms with Gasteiger partial charge in [-0.3, -0.25) is 11.5 Å². The zero-order valence-corrected chi connectivity index (χ0v) is 6.42. The Labute approximate surface area is 59.9 Å². The molecule has 0 aliphatic rings. The maximum absolute atomic E-state index is 10.7. The second kappa shape index (κ2) is 2.85. The molecule has 0 aromatic heterocycles. The lowest BCUT2D eigenvalue weighted by molar-refractivity contribution is 0.0179. The van der Waals surface area contributed by atoms with Crippen LogP contribution in [0.5, 0.6) is 0 Å². The fraction of sp³-hybridized carbons (Fsp3) is 0.800. The van der Waals surface area contributed by atoms with Crippen LogP contribution in [-0.2, 0) is 4.74 Å². The molecule has 0 saturated carbocycles. The van der Waals surface area contributed by atoms with E-state index in [0.29, 0.717) is 0 Å². The number of nitrogens with zero attached hydrogens (tertiary/aromatic N) is 1. The second-order valence-corrected chi connectivity index (χ2v) is 2.45. The highest BCUT2D eigenvalue weighted by Gasteiger charge is 2.17. The van der Waals surface area contributed by atoms with E-state index in [4.69, 9.17) is 11.5 Å². The summed E-state index contributed by atoms with van der Waals surface area (Å²) < 4.78 is 4.54. The highest BCUT2D eigenvalue weighted by atomic mass is 16.6. The van der Waals surface area contributed by atoms with Crippen LogP contribution in [0.2, 0.25) is 0 Å². The van der Waals surface area contributed by atoms with E-state index < -0.39 is 11.9 Å². The molecule has 4 N–H and O–H groups in total. The van der Waals surface area contributed by atoms with Crippen molar-refractivity contribution in [3.8, 4) is 0 Å². The van der Waals surface area contributed by atoms with Gasteiger partial charge in [-0.1, -0.05) is 0 Å². The molecule has 0 aliphatic heterocycles. The molecule has 1 amide bonds. The Morgan fingerprint density at radius 2 is 1.90 bits per heavy atom. The minimum atomic E-state index is -1.39. The molecular formula is C5H13N3O2. The largest absolute Gasteiger partial charge is 0.415 e. The maximum atomic E-state index is 10.7. The lowest BCUT2D eigenvalue weighted by Gasteiger charge is -2.21. The van der Waals surface area contributed by atoms with Crippen molar-refractivity contribution in [2.75, 3.05) is 14.1 Å². The summed E-state index contributed by atoms with van der Waals surface area (Å²) in [5, 5.41) is 0. The van der Waals surface area contributed by atoms with E-state index in [1.807, 2.05) is 0 Å². The van der Waals surface area contributed by atoms with Crippen LogP contribution in [0.4, 0.5) is 4.79 Å². The van der Waals surface area contributed by atoms with Crippen LogP contribution in [0.1, 0.15) is 6.92 Å². The van der Waals surface area contributed by atoms with Crippen LogP contribution in [0.15, 0.2) is 0 Å². The summed E-state index contributed by atoms with van der Waals surface area (Å²) in [6.07, 6.45) is -0.549. The fourth-order valence-electron chi connectivity index (χ4n) is 0.279. The van der Waals surface area contributed by atoms with Gasteiger partial charge >= 0.3 is 6.09 Å². The Hall–Kier alpha value is -0.810. The Bertz CT molecular complexity index is 127. The summed E-state index contributed by atoms with van der Waals surface area (Å²) in [5.74, 6) is -1.39. The number of carbonyl (C=O) groups is 1. The molecular weight excluding hydrogens is 134 g/mol. The molecule has 0 aliphatic carbocycles. The molecule has 0 unspecified atom stereocenters. The smallest absolute Gasteiger partial charge is 0.411 e. The van der Waals surface area contributed by atoms with E-state index in [1.165, 1.54) is 11.8 Å². The first-order valence-corrected chi connectivity index (χ1v) is 2.81. The van der Waals surface area contributed by atoms with Gasteiger partial charge in [0, 0.05) is 21.0 Å². The lowest BCUT2D eigenvalue weighted by atomic mass is 10.5. The molecule has 0 saturated heterocycles. The molecule has 0 fully saturated rings. The standard InChI is InChI=1S/C5H13N3O2/c1-5(6,7)10-4(9)8(2)3/h6-7H2,1-3H3. The summed E-state index contributed by atoms with van der Waals surface area (Å²) >= 11 is 0. The molecule has 0 spiro atoms. The molecule has 0 heterocycles. The SMILES string of the molecule is CN(C)C(=O)OC(C)(N)N. The molecule has 0 rings (SSSR count). The maximum Gasteiger partial charge on any atom is 0.411 e. The zero-order valence-electron chi connectivity index (χ0n) is 6.42. The third-order valence-electron chi connectivity index (χ3n) is 0.672. The summed E-state index contributed by atoms with van der Waals surface area (Å²) in [4.78, 5) is 12.0. The van der Waals surface area contributed by atoms with Gasteiger partial charge < -0.3 is 9.64 Å². The quantitative estimate of drug-likeness (QED) is 0.479. The van der Waals surface area contributed by atoms with Gasteiger partial charge in [0.15, 0.2) is 0 Å². The number of nitrogens with two attached hydrogens (primary N) is 2. The Kier molecular flexibility index (Phi) is 2.62. The molecule has 0 aromatic rings. The number of hydrogen-bond acceptors (Lipinski definition) is 4. The first-order chi connectivity index (χ1) is 4.33. The molecule has 5 nitrogen and oxygen atoms in total. The molecule has 0 aromatic carbocycles. The fourth-order valence-corrected chi connectivity index (χ4v) is 0.279. The average Bonchev–Trinajstić information content (AvgIpc) is 1.60. The third-order valence-corrected chi connectivity index (χ3v) is 0.672. The van der Waals surface area contributed by atoms with E-state index in [9.17, 15) is 4.79 Å². The normalized spacial score (nSPS) is 10.9.